The smallest absolute Gasteiger partial charge is 0.119 e. The number of nitrogens with one attached hydrogen (secondary N) is 1. The maximum Gasteiger partial charge on any atom is 0.119 e. The summed E-state index contributed by atoms with van der Waals surface area (Å²) in [7, 11) is 1.70. The van der Waals surface area contributed by atoms with Crippen molar-refractivity contribution in [3.05, 3.63) is 42.0 Å². The first-order valence-corrected chi connectivity index (χ1v) is 7.63. The third-order valence-corrected chi connectivity index (χ3v) is 4.41. The molecule has 1 heterocycles. The van der Waals surface area contributed by atoms with Crippen molar-refractivity contribution in [3.63, 3.8) is 0 Å². The normalized spacial score (nSPS) is 23.4. The van der Waals surface area contributed by atoms with Crippen LogP contribution in [-0.4, -0.2) is 25.9 Å². The zero-order valence-electron chi connectivity index (χ0n) is 12.9. The highest BCUT2D eigenvalue weighted by Crippen LogP contribution is 2.25. The number of benzene rings is 2. The molecule has 1 aliphatic rings. The molecule has 2 aromatic carbocycles. The van der Waals surface area contributed by atoms with E-state index in [2.05, 4.69) is 49.5 Å². The summed E-state index contributed by atoms with van der Waals surface area (Å²) in [6, 6.07) is 13.6. The maximum atomic E-state index is 5.62. The number of ether oxygens (including phenoxy) is 2. The highest BCUT2D eigenvalue weighted by atomic mass is 16.5. The summed E-state index contributed by atoms with van der Waals surface area (Å²) in [5.74, 6) is 0.901. The van der Waals surface area contributed by atoms with Gasteiger partial charge in [-0.3, -0.25) is 0 Å². The molecule has 2 aromatic rings. The van der Waals surface area contributed by atoms with Crippen LogP contribution in [0.4, 0.5) is 0 Å². The van der Waals surface area contributed by atoms with Crippen LogP contribution in [0, 0.1) is 0 Å². The summed E-state index contributed by atoms with van der Waals surface area (Å²) in [4.78, 5) is 0. The average molecular weight is 285 g/mol. The fourth-order valence-corrected chi connectivity index (χ4v) is 3.01. The fourth-order valence-electron chi connectivity index (χ4n) is 3.01. The SMILES string of the molecule is COc1ccc2cc(C(C)NC3CCOC3C)ccc2c1. The molecule has 1 saturated heterocycles. The van der Waals surface area contributed by atoms with Gasteiger partial charge in [0.2, 0.25) is 0 Å². The Labute approximate surface area is 126 Å². The third kappa shape index (κ3) is 3.04. The third-order valence-electron chi connectivity index (χ3n) is 4.41. The topological polar surface area (TPSA) is 30.5 Å². The molecule has 3 nitrogen and oxygen atoms in total. The quantitative estimate of drug-likeness (QED) is 0.929. The minimum atomic E-state index is 0.303. The summed E-state index contributed by atoms with van der Waals surface area (Å²) in [5, 5.41) is 6.14. The Balaban J connectivity index is 1.80. The zero-order valence-corrected chi connectivity index (χ0v) is 12.9. The van der Waals surface area contributed by atoms with E-state index in [1.165, 1.54) is 16.3 Å². The van der Waals surface area contributed by atoms with Crippen molar-refractivity contribution in [2.45, 2.75) is 38.5 Å². The van der Waals surface area contributed by atoms with Gasteiger partial charge in [0.1, 0.15) is 5.75 Å². The van der Waals surface area contributed by atoms with E-state index in [4.69, 9.17) is 9.47 Å². The van der Waals surface area contributed by atoms with Gasteiger partial charge in [-0.05, 0) is 54.8 Å². The van der Waals surface area contributed by atoms with Crippen LogP contribution >= 0.6 is 0 Å². The molecular weight excluding hydrogens is 262 g/mol. The summed E-state index contributed by atoms with van der Waals surface area (Å²) in [6.45, 7) is 5.23. The molecule has 0 radical (unpaired) electrons. The summed E-state index contributed by atoms with van der Waals surface area (Å²) in [5.41, 5.74) is 1.31. The van der Waals surface area contributed by atoms with Crippen molar-refractivity contribution >= 4 is 10.8 Å². The lowest BCUT2D eigenvalue weighted by Gasteiger charge is -2.22. The van der Waals surface area contributed by atoms with Crippen LogP contribution < -0.4 is 10.1 Å². The Morgan fingerprint density at radius 2 is 1.95 bits per heavy atom. The first kappa shape index (κ1) is 14.4. The van der Waals surface area contributed by atoms with Gasteiger partial charge in [-0.15, -0.1) is 0 Å². The molecule has 1 fully saturated rings. The van der Waals surface area contributed by atoms with E-state index in [0.29, 0.717) is 18.2 Å². The van der Waals surface area contributed by atoms with Crippen molar-refractivity contribution < 1.29 is 9.47 Å². The first-order chi connectivity index (χ1) is 10.2. The lowest BCUT2D eigenvalue weighted by atomic mass is 10.0. The monoisotopic (exact) mass is 285 g/mol. The van der Waals surface area contributed by atoms with Gasteiger partial charge in [0.05, 0.1) is 13.2 Å². The molecule has 3 rings (SSSR count). The van der Waals surface area contributed by atoms with Crippen molar-refractivity contribution in [3.8, 4) is 5.75 Å². The molecule has 1 N–H and O–H groups in total. The number of hydrogen-bond acceptors (Lipinski definition) is 3. The Morgan fingerprint density at radius 1 is 1.19 bits per heavy atom. The second-order valence-corrected chi connectivity index (χ2v) is 5.83. The molecule has 0 amide bonds. The van der Waals surface area contributed by atoms with Crippen molar-refractivity contribution in [2.24, 2.45) is 0 Å². The molecule has 21 heavy (non-hydrogen) atoms. The largest absolute Gasteiger partial charge is 0.497 e. The Bertz CT molecular complexity index is 626. The van der Waals surface area contributed by atoms with Crippen molar-refractivity contribution in [1.82, 2.24) is 5.32 Å². The van der Waals surface area contributed by atoms with Crippen LogP contribution in [0.3, 0.4) is 0 Å². The van der Waals surface area contributed by atoms with Crippen LogP contribution in [0.2, 0.25) is 0 Å². The summed E-state index contributed by atoms with van der Waals surface area (Å²) >= 11 is 0. The van der Waals surface area contributed by atoms with Crippen LogP contribution in [-0.2, 0) is 4.74 Å². The summed E-state index contributed by atoms with van der Waals surface area (Å²) < 4.78 is 10.9. The van der Waals surface area contributed by atoms with Crippen molar-refractivity contribution in [2.75, 3.05) is 13.7 Å². The lowest BCUT2D eigenvalue weighted by Crippen LogP contribution is -2.36. The Hall–Kier alpha value is -1.58. The predicted octanol–water partition coefficient (Wildman–Crippen LogP) is 3.68. The second kappa shape index (κ2) is 6.04. The molecule has 112 valence electrons. The molecule has 1 aliphatic heterocycles. The lowest BCUT2D eigenvalue weighted by molar-refractivity contribution is 0.111. The highest BCUT2D eigenvalue weighted by molar-refractivity contribution is 5.84. The number of hydrogen-bond donors (Lipinski definition) is 1. The van der Waals surface area contributed by atoms with Gasteiger partial charge in [0.15, 0.2) is 0 Å². The van der Waals surface area contributed by atoms with E-state index in [0.717, 1.165) is 18.8 Å². The Morgan fingerprint density at radius 3 is 2.67 bits per heavy atom. The first-order valence-electron chi connectivity index (χ1n) is 7.63. The molecule has 0 bridgehead atoms. The number of rotatable bonds is 4. The molecule has 0 saturated carbocycles. The standard InChI is InChI=1S/C18H23NO2/c1-12(19-18-8-9-21-13(18)2)14-4-5-16-11-17(20-3)7-6-15(16)10-14/h4-7,10-13,18-19H,8-9H2,1-3H3. The van der Waals surface area contributed by atoms with Crippen LogP contribution in [0.1, 0.15) is 31.9 Å². The van der Waals surface area contributed by atoms with Crippen molar-refractivity contribution in [1.29, 1.82) is 0 Å². The minimum Gasteiger partial charge on any atom is -0.497 e. The van der Waals surface area contributed by atoms with E-state index in [9.17, 15) is 0 Å². The van der Waals surface area contributed by atoms with E-state index in [1.807, 2.05) is 6.07 Å². The van der Waals surface area contributed by atoms with Gasteiger partial charge >= 0.3 is 0 Å². The number of fused-ring (bicyclic) bond motifs is 1. The van der Waals surface area contributed by atoms with Gasteiger partial charge in [-0.25, -0.2) is 0 Å². The van der Waals surface area contributed by atoms with Gasteiger partial charge in [-0.1, -0.05) is 18.2 Å². The molecule has 3 atom stereocenters. The van der Waals surface area contributed by atoms with Gasteiger partial charge in [0, 0.05) is 18.7 Å². The van der Waals surface area contributed by atoms with Crippen LogP contribution in [0.15, 0.2) is 36.4 Å². The summed E-state index contributed by atoms with van der Waals surface area (Å²) in [6.07, 6.45) is 1.40. The van der Waals surface area contributed by atoms with Gasteiger partial charge in [-0.2, -0.15) is 0 Å². The van der Waals surface area contributed by atoms with E-state index >= 15 is 0 Å². The Kier molecular flexibility index (Phi) is 4.13. The predicted molar refractivity (Wildman–Crippen MR) is 85.9 cm³/mol. The van der Waals surface area contributed by atoms with Crippen LogP contribution in [0.5, 0.6) is 5.75 Å². The maximum absolute atomic E-state index is 5.62. The zero-order chi connectivity index (χ0) is 14.8. The molecule has 0 spiro atoms. The molecular formula is C18H23NO2. The molecule has 0 aliphatic carbocycles. The molecule has 3 heteroatoms. The highest BCUT2D eigenvalue weighted by Gasteiger charge is 2.25. The van der Waals surface area contributed by atoms with Gasteiger partial charge in [0.25, 0.3) is 0 Å². The molecule has 0 aromatic heterocycles. The fraction of sp³-hybridized carbons (Fsp3) is 0.444. The van der Waals surface area contributed by atoms with E-state index in [1.54, 1.807) is 7.11 Å². The van der Waals surface area contributed by atoms with Crippen LogP contribution in [0.25, 0.3) is 10.8 Å². The second-order valence-electron chi connectivity index (χ2n) is 5.83. The number of methoxy groups -OCH3 is 1. The van der Waals surface area contributed by atoms with Gasteiger partial charge < -0.3 is 14.8 Å². The molecule has 3 unspecified atom stereocenters. The van der Waals surface area contributed by atoms with E-state index < -0.39 is 0 Å². The van der Waals surface area contributed by atoms with E-state index in [-0.39, 0.29) is 0 Å². The average Bonchev–Trinajstić information content (AvgIpc) is 2.91. The minimum absolute atomic E-state index is 0.303.